The summed E-state index contributed by atoms with van der Waals surface area (Å²) in [4.78, 5) is 24.9. The van der Waals surface area contributed by atoms with Crippen LogP contribution in [0.1, 0.15) is 30.6 Å². The predicted molar refractivity (Wildman–Crippen MR) is 101 cm³/mol. The van der Waals surface area contributed by atoms with E-state index >= 15 is 0 Å². The molecule has 0 aromatic heterocycles. The van der Waals surface area contributed by atoms with Crippen molar-refractivity contribution in [2.24, 2.45) is 5.92 Å². The van der Waals surface area contributed by atoms with E-state index in [0.29, 0.717) is 34.4 Å². The molecule has 24 heavy (non-hydrogen) atoms. The van der Waals surface area contributed by atoms with Crippen molar-refractivity contribution in [1.82, 2.24) is 0 Å². The topological polar surface area (TPSA) is 46.2 Å². The monoisotopic (exact) mass is 361 g/mol. The van der Waals surface area contributed by atoms with E-state index in [2.05, 4.69) is 5.32 Å². The number of carbonyl (C=O) groups is 2. The molecule has 126 valence electrons. The highest BCUT2D eigenvalue weighted by molar-refractivity contribution is 8.00. The van der Waals surface area contributed by atoms with Crippen molar-refractivity contribution in [2.45, 2.75) is 25.2 Å². The lowest BCUT2D eigenvalue weighted by Gasteiger charge is -2.08. The molecular formula is C19H20ClNO2S. The molecule has 0 aliphatic heterocycles. The number of rotatable bonds is 7. The summed E-state index contributed by atoms with van der Waals surface area (Å²) < 4.78 is 0. The smallest absolute Gasteiger partial charge is 0.224 e. The molecule has 0 aliphatic rings. The van der Waals surface area contributed by atoms with Gasteiger partial charge in [-0.2, -0.15) is 0 Å². The Labute approximate surface area is 151 Å². The average Bonchev–Trinajstić information content (AvgIpc) is 2.53. The van der Waals surface area contributed by atoms with Crippen LogP contribution in [0.2, 0.25) is 5.02 Å². The minimum absolute atomic E-state index is 0.0154. The number of hydrogen-bond acceptors (Lipinski definition) is 3. The fourth-order valence-corrected chi connectivity index (χ4v) is 3.24. The zero-order chi connectivity index (χ0) is 17.5. The van der Waals surface area contributed by atoms with Gasteiger partial charge >= 0.3 is 0 Å². The molecule has 0 saturated heterocycles. The van der Waals surface area contributed by atoms with Gasteiger partial charge in [0.05, 0.1) is 10.8 Å². The molecule has 3 nitrogen and oxygen atoms in total. The number of benzene rings is 2. The summed E-state index contributed by atoms with van der Waals surface area (Å²) in [6, 6.07) is 14.4. The van der Waals surface area contributed by atoms with Crippen LogP contribution in [0.15, 0.2) is 53.4 Å². The van der Waals surface area contributed by atoms with Crippen LogP contribution >= 0.6 is 23.4 Å². The molecular weight excluding hydrogens is 342 g/mol. The van der Waals surface area contributed by atoms with E-state index in [9.17, 15) is 9.59 Å². The van der Waals surface area contributed by atoms with Gasteiger partial charge in [-0.05, 0) is 42.3 Å². The van der Waals surface area contributed by atoms with Crippen LogP contribution in [0.25, 0.3) is 0 Å². The summed E-state index contributed by atoms with van der Waals surface area (Å²) in [5.74, 6) is 0.647. The van der Waals surface area contributed by atoms with E-state index in [-0.39, 0.29) is 11.7 Å². The second-order valence-corrected chi connectivity index (χ2v) is 7.29. The van der Waals surface area contributed by atoms with E-state index in [1.807, 2.05) is 38.1 Å². The molecule has 5 heteroatoms. The van der Waals surface area contributed by atoms with Gasteiger partial charge in [0.1, 0.15) is 0 Å². The van der Waals surface area contributed by atoms with Crippen molar-refractivity contribution in [2.75, 3.05) is 11.1 Å². The first kappa shape index (κ1) is 18.6. The molecule has 0 radical (unpaired) electrons. The van der Waals surface area contributed by atoms with E-state index < -0.39 is 0 Å². The van der Waals surface area contributed by atoms with Crippen LogP contribution in [0.3, 0.4) is 0 Å². The van der Waals surface area contributed by atoms with E-state index in [1.54, 1.807) is 24.3 Å². The Morgan fingerprint density at radius 2 is 1.75 bits per heavy atom. The average molecular weight is 362 g/mol. The second-order valence-electron chi connectivity index (χ2n) is 5.87. The number of Topliss-reactive ketones (excluding diaryl/α,β-unsaturated/α-hetero) is 1. The second kappa shape index (κ2) is 8.90. The highest BCUT2D eigenvalue weighted by Crippen LogP contribution is 2.27. The molecule has 0 fully saturated rings. The van der Waals surface area contributed by atoms with Gasteiger partial charge in [0.2, 0.25) is 5.91 Å². The van der Waals surface area contributed by atoms with Crippen molar-refractivity contribution >= 4 is 40.7 Å². The van der Waals surface area contributed by atoms with Crippen LogP contribution in [-0.2, 0) is 4.79 Å². The Balaban J connectivity index is 1.91. The van der Waals surface area contributed by atoms with Crippen LogP contribution < -0.4 is 5.32 Å². The maximum atomic E-state index is 12.3. The molecule has 0 saturated carbocycles. The molecule has 2 rings (SSSR count). The number of halogens is 1. The lowest BCUT2D eigenvalue weighted by molar-refractivity contribution is -0.116. The number of hydrogen-bond donors (Lipinski definition) is 1. The zero-order valence-electron chi connectivity index (χ0n) is 13.7. The van der Waals surface area contributed by atoms with Crippen LogP contribution in [0.5, 0.6) is 0 Å². The quantitative estimate of drug-likeness (QED) is 0.537. The molecule has 2 aromatic rings. The number of anilines is 1. The van der Waals surface area contributed by atoms with Gasteiger partial charge in [0.25, 0.3) is 0 Å². The molecule has 0 unspecified atom stereocenters. The first-order valence-corrected chi connectivity index (χ1v) is 9.12. The third-order valence-corrected chi connectivity index (χ3v) is 4.79. The number of thioether (sulfide) groups is 1. The fraction of sp³-hybridized carbons (Fsp3) is 0.263. The number of ketones is 1. The summed E-state index contributed by atoms with van der Waals surface area (Å²) in [6.45, 7) is 4.00. The van der Waals surface area contributed by atoms with Crippen LogP contribution in [0, 0.1) is 5.92 Å². The number of amides is 1. The summed E-state index contributed by atoms with van der Waals surface area (Å²) in [5, 5.41) is 3.48. The molecule has 0 bridgehead atoms. The van der Waals surface area contributed by atoms with Crippen molar-refractivity contribution in [3.63, 3.8) is 0 Å². The maximum absolute atomic E-state index is 12.3. The first-order valence-electron chi connectivity index (χ1n) is 7.76. The van der Waals surface area contributed by atoms with Gasteiger partial charge in [-0.1, -0.05) is 37.6 Å². The fourth-order valence-electron chi connectivity index (χ4n) is 2.11. The molecule has 0 aliphatic carbocycles. The predicted octanol–water partition coefficient (Wildman–Crippen LogP) is 5.30. The van der Waals surface area contributed by atoms with Crippen molar-refractivity contribution < 1.29 is 9.59 Å². The standard InChI is InChI=1S/C19H20ClNO2S/c1-13(2)11-19(23)21-15-9-7-14(8-10-15)17(22)12-24-18-6-4-3-5-16(18)20/h3-10,13H,11-12H2,1-2H3,(H,21,23). The van der Waals surface area contributed by atoms with E-state index in [4.69, 9.17) is 11.6 Å². The number of nitrogens with one attached hydrogen (secondary N) is 1. The van der Waals surface area contributed by atoms with Crippen molar-refractivity contribution in [1.29, 1.82) is 0 Å². The molecule has 0 heterocycles. The Morgan fingerprint density at radius 1 is 1.08 bits per heavy atom. The summed E-state index contributed by atoms with van der Waals surface area (Å²) in [6.07, 6.45) is 0.481. The van der Waals surface area contributed by atoms with Gasteiger partial charge in [-0.15, -0.1) is 11.8 Å². The van der Waals surface area contributed by atoms with Gasteiger partial charge < -0.3 is 5.32 Å². The Kier molecular flexibility index (Phi) is 6.88. The molecule has 1 amide bonds. The highest BCUT2D eigenvalue weighted by atomic mass is 35.5. The summed E-state index contributed by atoms with van der Waals surface area (Å²) >= 11 is 7.51. The Morgan fingerprint density at radius 3 is 2.38 bits per heavy atom. The molecule has 0 atom stereocenters. The minimum atomic E-state index is -0.0154. The zero-order valence-corrected chi connectivity index (χ0v) is 15.3. The van der Waals surface area contributed by atoms with Crippen molar-refractivity contribution in [3.05, 3.63) is 59.1 Å². The van der Waals surface area contributed by atoms with Crippen LogP contribution in [0.4, 0.5) is 5.69 Å². The van der Waals surface area contributed by atoms with Gasteiger partial charge in [-0.25, -0.2) is 0 Å². The van der Waals surface area contributed by atoms with Crippen molar-refractivity contribution in [3.8, 4) is 0 Å². The maximum Gasteiger partial charge on any atom is 0.224 e. The largest absolute Gasteiger partial charge is 0.326 e. The third kappa shape index (κ3) is 5.69. The summed E-state index contributed by atoms with van der Waals surface area (Å²) in [5.41, 5.74) is 1.33. The van der Waals surface area contributed by atoms with Crippen LogP contribution in [-0.4, -0.2) is 17.4 Å². The van der Waals surface area contributed by atoms with E-state index in [1.165, 1.54) is 11.8 Å². The normalized spacial score (nSPS) is 10.7. The van der Waals surface area contributed by atoms with Gasteiger partial charge in [0, 0.05) is 22.6 Å². The minimum Gasteiger partial charge on any atom is -0.326 e. The van der Waals surface area contributed by atoms with E-state index in [0.717, 1.165) is 4.90 Å². The lowest BCUT2D eigenvalue weighted by Crippen LogP contribution is -2.14. The van der Waals surface area contributed by atoms with Gasteiger partial charge in [0.15, 0.2) is 5.78 Å². The lowest BCUT2D eigenvalue weighted by atomic mass is 10.1. The third-order valence-electron chi connectivity index (χ3n) is 3.28. The Hall–Kier alpha value is -1.78. The first-order chi connectivity index (χ1) is 11.5. The molecule has 0 spiro atoms. The molecule has 1 N–H and O–H groups in total. The Bertz CT molecular complexity index is 714. The number of carbonyl (C=O) groups excluding carboxylic acids is 2. The van der Waals surface area contributed by atoms with Gasteiger partial charge in [-0.3, -0.25) is 9.59 Å². The molecule has 2 aromatic carbocycles. The SMILES string of the molecule is CC(C)CC(=O)Nc1ccc(C(=O)CSc2ccccc2Cl)cc1. The highest BCUT2D eigenvalue weighted by Gasteiger charge is 2.09. The summed E-state index contributed by atoms with van der Waals surface area (Å²) in [7, 11) is 0.